The molecule has 0 saturated carbocycles. The summed E-state index contributed by atoms with van der Waals surface area (Å²) >= 11 is 0.805. The molecule has 1 aliphatic heterocycles. The lowest BCUT2D eigenvalue weighted by molar-refractivity contribution is -0.385. The molecule has 4 rings (SSSR count). The van der Waals surface area contributed by atoms with E-state index in [-0.39, 0.29) is 22.6 Å². The van der Waals surface area contributed by atoms with E-state index in [2.05, 4.69) is 32.9 Å². The number of imide groups is 1. The first-order chi connectivity index (χ1) is 18.1. The van der Waals surface area contributed by atoms with Crippen molar-refractivity contribution in [1.82, 2.24) is 4.90 Å². The predicted octanol–water partition coefficient (Wildman–Crippen LogP) is 6.59. The number of hydrogen-bond acceptors (Lipinski definition) is 7. The van der Waals surface area contributed by atoms with Crippen LogP contribution < -0.4 is 9.47 Å². The van der Waals surface area contributed by atoms with Crippen molar-refractivity contribution in [3.63, 3.8) is 0 Å². The number of thioether (sulfide) groups is 1. The third-order valence-corrected chi connectivity index (χ3v) is 6.79. The molecule has 0 radical (unpaired) electrons. The maximum Gasteiger partial charge on any atom is 0.293 e. The number of carbonyl (C=O) groups excluding carboxylic acids is 2. The second-order valence-corrected chi connectivity index (χ2v) is 10.7. The van der Waals surface area contributed by atoms with Crippen molar-refractivity contribution in [1.29, 1.82) is 0 Å². The number of rotatable bonds is 9. The van der Waals surface area contributed by atoms with Crippen molar-refractivity contribution in [2.24, 2.45) is 0 Å². The van der Waals surface area contributed by atoms with Crippen LogP contribution in [0.3, 0.4) is 0 Å². The Morgan fingerprint density at radius 3 is 2.29 bits per heavy atom. The van der Waals surface area contributed by atoms with Gasteiger partial charge in [0.25, 0.3) is 16.8 Å². The Morgan fingerprint density at radius 2 is 1.61 bits per heavy atom. The molecular formula is C29H28N2O6S. The Hall–Kier alpha value is -4.11. The summed E-state index contributed by atoms with van der Waals surface area (Å²) in [4.78, 5) is 37.5. The van der Waals surface area contributed by atoms with Crippen LogP contribution in [0.25, 0.3) is 6.08 Å². The molecule has 0 bridgehead atoms. The second-order valence-electron chi connectivity index (χ2n) is 9.70. The van der Waals surface area contributed by atoms with E-state index >= 15 is 0 Å². The zero-order chi connectivity index (χ0) is 27.3. The number of amides is 2. The fourth-order valence-electron chi connectivity index (χ4n) is 3.84. The lowest BCUT2D eigenvalue weighted by Gasteiger charge is -2.19. The fraction of sp³-hybridized carbons (Fsp3) is 0.241. The molecule has 1 saturated heterocycles. The van der Waals surface area contributed by atoms with Gasteiger partial charge in [-0.25, -0.2) is 0 Å². The number of nitro benzene ring substituents is 1. The molecule has 196 valence electrons. The number of para-hydroxylation sites is 1. The molecule has 9 heteroatoms. The maximum absolute atomic E-state index is 12.9. The summed E-state index contributed by atoms with van der Waals surface area (Å²) in [5.41, 5.74) is 2.17. The molecule has 38 heavy (non-hydrogen) atoms. The highest BCUT2D eigenvalue weighted by molar-refractivity contribution is 8.18. The highest BCUT2D eigenvalue weighted by Gasteiger charge is 2.36. The van der Waals surface area contributed by atoms with Crippen LogP contribution in [0, 0.1) is 10.1 Å². The van der Waals surface area contributed by atoms with Crippen LogP contribution in [0.1, 0.15) is 37.5 Å². The van der Waals surface area contributed by atoms with Gasteiger partial charge in [0.1, 0.15) is 24.7 Å². The Kier molecular flexibility index (Phi) is 8.16. The largest absolute Gasteiger partial charge is 0.490 e. The summed E-state index contributed by atoms with van der Waals surface area (Å²) in [6.45, 7) is 7.01. The molecule has 1 fully saturated rings. The minimum atomic E-state index is -0.524. The van der Waals surface area contributed by atoms with Gasteiger partial charge in [0.05, 0.1) is 16.4 Å². The van der Waals surface area contributed by atoms with Crippen molar-refractivity contribution in [2.75, 3.05) is 13.2 Å². The van der Waals surface area contributed by atoms with Crippen molar-refractivity contribution in [3.05, 3.63) is 105 Å². The number of benzene rings is 3. The number of ether oxygens (including phenoxy) is 2. The summed E-state index contributed by atoms with van der Waals surface area (Å²) in [6, 6.07) is 21.3. The van der Waals surface area contributed by atoms with Gasteiger partial charge in [-0.1, -0.05) is 63.2 Å². The summed E-state index contributed by atoms with van der Waals surface area (Å²) < 4.78 is 11.6. The zero-order valence-corrected chi connectivity index (χ0v) is 22.2. The molecule has 0 unspecified atom stereocenters. The average Bonchev–Trinajstić information content (AvgIpc) is 3.14. The standard InChI is InChI=1S/C29H28N2O6S/c1-29(2,3)22-11-13-23(14-12-22)36-15-16-37-24-9-6-7-20(17-24)18-26-27(32)30(28(33)38-26)19-21-8-4-5-10-25(21)31(34)35/h4-14,17-18H,15-16,19H2,1-3H3/b26-18-. The van der Waals surface area contributed by atoms with Crippen LogP contribution in [0.5, 0.6) is 11.5 Å². The molecule has 8 nitrogen and oxygen atoms in total. The van der Waals surface area contributed by atoms with E-state index in [1.165, 1.54) is 17.7 Å². The van der Waals surface area contributed by atoms with Crippen molar-refractivity contribution in [2.45, 2.75) is 32.7 Å². The number of hydrogen-bond donors (Lipinski definition) is 0. The van der Waals surface area contributed by atoms with Crippen LogP contribution in [0.15, 0.2) is 77.7 Å². The minimum absolute atomic E-state index is 0.0812. The van der Waals surface area contributed by atoms with Crippen molar-refractivity contribution >= 4 is 34.7 Å². The maximum atomic E-state index is 12.9. The van der Waals surface area contributed by atoms with E-state index in [9.17, 15) is 19.7 Å². The predicted molar refractivity (Wildman–Crippen MR) is 147 cm³/mol. The highest BCUT2D eigenvalue weighted by Crippen LogP contribution is 2.35. The van der Waals surface area contributed by atoms with Gasteiger partial charge < -0.3 is 9.47 Å². The van der Waals surface area contributed by atoms with E-state index in [4.69, 9.17) is 9.47 Å². The van der Waals surface area contributed by atoms with Crippen LogP contribution in [-0.4, -0.2) is 34.2 Å². The molecule has 3 aromatic rings. The van der Waals surface area contributed by atoms with Gasteiger partial charge in [0.2, 0.25) is 0 Å². The average molecular weight is 533 g/mol. The third kappa shape index (κ3) is 6.60. The third-order valence-electron chi connectivity index (χ3n) is 5.89. The summed E-state index contributed by atoms with van der Waals surface area (Å²) in [5.74, 6) is 0.881. The molecule has 0 atom stereocenters. The lowest BCUT2D eigenvalue weighted by atomic mass is 9.87. The summed E-state index contributed by atoms with van der Waals surface area (Å²) in [7, 11) is 0. The topological polar surface area (TPSA) is 99.0 Å². The minimum Gasteiger partial charge on any atom is -0.490 e. The van der Waals surface area contributed by atoms with Crippen LogP contribution in [0.4, 0.5) is 10.5 Å². The number of carbonyl (C=O) groups is 2. The number of nitrogens with zero attached hydrogens (tertiary/aromatic N) is 2. The molecular weight excluding hydrogens is 504 g/mol. The van der Waals surface area contributed by atoms with Gasteiger partial charge in [-0.2, -0.15) is 0 Å². The van der Waals surface area contributed by atoms with Gasteiger partial charge in [-0.15, -0.1) is 0 Å². The SMILES string of the molecule is CC(C)(C)c1ccc(OCCOc2cccc(/C=C3\SC(=O)N(Cc4ccccc4[N+](=O)[O-])C3=O)c2)cc1. The molecule has 0 spiro atoms. The van der Waals surface area contributed by atoms with Gasteiger partial charge >= 0.3 is 0 Å². The lowest BCUT2D eigenvalue weighted by Crippen LogP contribution is -2.27. The van der Waals surface area contributed by atoms with Crippen LogP contribution in [0.2, 0.25) is 0 Å². The normalized spacial score (nSPS) is 14.7. The Labute approximate surface area is 225 Å². The molecule has 3 aromatic carbocycles. The van der Waals surface area contributed by atoms with Crippen molar-refractivity contribution < 1.29 is 24.0 Å². The smallest absolute Gasteiger partial charge is 0.293 e. The first-order valence-electron chi connectivity index (χ1n) is 12.1. The Morgan fingerprint density at radius 1 is 0.921 bits per heavy atom. The van der Waals surface area contributed by atoms with E-state index in [0.29, 0.717) is 30.1 Å². The van der Waals surface area contributed by atoms with Crippen molar-refractivity contribution in [3.8, 4) is 11.5 Å². The van der Waals surface area contributed by atoms with E-state index in [1.807, 2.05) is 12.1 Å². The monoisotopic (exact) mass is 532 g/mol. The van der Waals surface area contributed by atoms with Crippen LogP contribution >= 0.6 is 11.8 Å². The molecule has 1 aliphatic rings. The van der Waals surface area contributed by atoms with Gasteiger partial charge in [-0.05, 0) is 58.6 Å². The fourth-order valence-corrected chi connectivity index (χ4v) is 4.68. The molecule has 0 aliphatic carbocycles. The van der Waals surface area contributed by atoms with Gasteiger partial charge in [0, 0.05) is 11.6 Å². The van der Waals surface area contributed by atoms with E-state index < -0.39 is 16.1 Å². The quantitative estimate of drug-likeness (QED) is 0.133. The molecule has 0 N–H and O–H groups in total. The summed E-state index contributed by atoms with van der Waals surface area (Å²) in [6.07, 6.45) is 1.62. The summed E-state index contributed by atoms with van der Waals surface area (Å²) in [5, 5.41) is 10.8. The van der Waals surface area contributed by atoms with E-state index in [1.54, 1.807) is 42.5 Å². The Bertz CT molecular complexity index is 1380. The van der Waals surface area contributed by atoms with Gasteiger partial charge in [-0.3, -0.25) is 24.6 Å². The molecule has 0 aromatic heterocycles. The number of nitro groups is 1. The van der Waals surface area contributed by atoms with Crippen LogP contribution in [-0.2, 0) is 16.8 Å². The second kappa shape index (κ2) is 11.5. The van der Waals surface area contributed by atoms with E-state index in [0.717, 1.165) is 22.4 Å². The zero-order valence-electron chi connectivity index (χ0n) is 21.4. The first-order valence-corrected chi connectivity index (χ1v) is 12.9. The molecule has 1 heterocycles. The highest BCUT2D eigenvalue weighted by atomic mass is 32.2. The van der Waals surface area contributed by atoms with Gasteiger partial charge in [0.15, 0.2) is 0 Å². The molecule has 2 amide bonds. The Balaban J connectivity index is 1.35. The first kappa shape index (κ1) is 26.9.